The second-order valence-corrected chi connectivity index (χ2v) is 12.4. The molecule has 4 nitrogen and oxygen atoms in total. The van der Waals surface area contributed by atoms with Crippen molar-refractivity contribution in [3.8, 4) is 0 Å². The maximum absolute atomic E-state index is 13.5. The zero-order chi connectivity index (χ0) is 24.2. The van der Waals surface area contributed by atoms with Crippen molar-refractivity contribution < 1.29 is 14.3 Å². The molecule has 0 radical (unpaired) electrons. The number of nitrogens with zero attached hydrogens (tertiary/aromatic N) is 1. The van der Waals surface area contributed by atoms with Crippen molar-refractivity contribution in [3.05, 3.63) is 36.5 Å². The summed E-state index contributed by atoms with van der Waals surface area (Å²) in [6.07, 6.45) is 10.9. The van der Waals surface area contributed by atoms with Crippen LogP contribution in [0.4, 0.5) is 10.1 Å². The van der Waals surface area contributed by atoms with Gasteiger partial charge >= 0.3 is 0 Å². The molecule has 1 heterocycles. The molecule has 3 unspecified atom stereocenters. The number of hydrogen-bond acceptors (Lipinski definition) is 4. The number of halogens is 1. The fourth-order valence-corrected chi connectivity index (χ4v) is 9.11. The molecule has 6 rings (SSSR count). The number of rotatable bonds is 5. The SMILES string of the molecule is C[C@]12CCC3C(CC[C@H]4C[C@@](O)(CF)CC[C@H]34)C1CC[C@@H]2C(=O)CNc1ccc2ncccc2c1. The molecule has 0 saturated heterocycles. The molecule has 4 saturated carbocycles. The van der Waals surface area contributed by atoms with Gasteiger partial charge in [-0.2, -0.15) is 0 Å². The summed E-state index contributed by atoms with van der Waals surface area (Å²) in [7, 11) is 0. The molecular formula is C30H39FN2O2. The number of Topliss-reactive ketones (excluding diaryl/α,β-unsaturated/α-hetero) is 1. The molecule has 8 atom stereocenters. The van der Waals surface area contributed by atoms with E-state index < -0.39 is 12.3 Å². The predicted octanol–water partition coefficient (Wildman–Crippen LogP) is 6.19. The summed E-state index contributed by atoms with van der Waals surface area (Å²) in [5.74, 6) is 3.66. The van der Waals surface area contributed by atoms with Crippen molar-refractivity contribution in [1.82, 2.24) is 4.98 Å². The minimum Gasteiger partial charge on any atom is -0.387 e. The highest BCUT2D eigenvalue weighted by atomic mass is 19.1. The molecule has 1 aromatic heterocycles. The van der Waals surface area contributed by atoms with Crippen LogP contribution in [-0.2, 0) is 4.79 Å². The van der Waals surface area contributed by atoms with E-state index in [9.17, 15) is 14.3 Å². The number of aliphatic hydroxyl groups is 1. The molecule has 1 aromatic carbocycles. The number of benzene rings is 1. The number of alkyl halides is 1. The lowest BCUT2D eigenvalue weighted by Gasteiger charge is -2.57. The quantitative estimate of drug-likeness (QED) is 0.538. The Morgan fingerprint density at radius 2 is 1.94 bits per heavy atom. The molecule has 0 spiro atoms. The molecule has 5 heteroatoms. The first-order valence-electron chi connectivity index (χ1n) is 13.8. The molecule has 0 bridgehead atoms. The van der Waals surface area contributed by atoms with Gasteiger partial charge in [0.2, 0.25) is 0 Å². The summed E-state index contributed by atoms with van der Waals surface area (Å²) < 4.78 is 13.5. The Hall–Kier alpha value is -2.01. The van der Waals surface area contributed by atoms with Gasteiger partial charge in [-0.25, -0.2) is 4.39 Å². The third-order valence-electron chi connectivity index (χ3n) is 10.8. The van der Waals surface area contributed by atoms with Crippen LogP contribution in [0.3, 0.4) is 0 Å². The van der Waals surface area contributed by atoms with Gasteiger partial charge < -0.3 is 10.4 Å². The monoisotopic (exact) mass is 478 g/mol. The van der Waals surface area contributed by atoms with Gasteiger partial charge in [-0.05, 0) is 117 Å². The van der Waals surface area contributed by atoms with E-state index in [0.29, 0.717) is 54.8 Å². The van der Waals surface area contributed by atoms with Crippen molar-refractivity contribution in [2.45, 2.75) is 70.3 Å². The van der Waals surface area contributed by atoms with Crippen molar-refractivity contribution in [1.29, 1.82) is 0 Å². The number of anilines is 1. The second kappa shape index (κ2) is 8.83. The summed E-state index contributed by atoms with van der Waals surface area (Å²) >= 11 is 0. The Bertz CT molecular complexity index is 1110. The Kier molecular flexibility index (Phi) is 5.90. The predicted molar refractivity (Wildman–Crippen MR) is 137 cm³/mol. The summed E-state index contributed by atoms with van der Waals surface area (Å²) in [4.78, 5) is 17.9. The maximum atomic E-state index is 13.5. The minimum absolute atomic E-state index is 0.106. The number of fused-ring (bicyclic) bond motifs is 6. The summed E-state index contributed by atoms with van der Waals surface area (Å²) in [5.41, 5.74) is 0.978. The number of carbonyl (C=O) groups is 1. The van der Waals surface area contributed by atoms with Crippen LogP contribution < -0.4 is 5.32 Å². The van der Waals surface area contributed by atoms with Gasteiger partial charge in [-0.3, -0.25) is 9.78 Å². The van der Waals surface area contributed by atoms with E-state index >= 15 is 0 Å². The van der Waals surface area contributed by atoms with Crippen LogP contribution in [0.5, 0.6) is 0 Å². The number of carbonyl (C=O) groups excluding carboxylic acids is 1. The van der Waals surface area contributed by atoms with Gasteiger partial charge in [0, 0.05) is 23.2 Å². The van der Waals surface area contributed by atoms with E-state index in [2.05, 4.69) is 29.4 Å². The van der Waals surface area contributed by atoms with Crippen LogP contribution in [0, 0.1) is 40.9 Å². The van der Waals surface area contributed by atoms with Gasteiger partial charge in [0.1, 0.15) is 6.67 Å². The first kappa shape index (κ1) is 23.4. The normalized spacial score (nSPS) is 40.5. The lowest BCUT2D eigenvalue weighted by Crippen LogP contribution is -2.52. The molecule has 0 aliphatic heterocycles. The summed E-state index contributed by atoms with van der Waals surface area (Å²) in [6, 6.07) is 10.1. The lowest BCUT2D eigenvalue weighted by molar-refractivity contribution is -0.132. The Balaban J connectivity index is 1.12. The van der Waals surface area contributed by atoms with Crippen LogP contribution in [-0.4, -0.2) is 34.7 Å². The minimum atomic E-state index is -1.07. The standard InChI is InChI=1S/C30H39FN2O2/c1-29-12-10-23-22-11-13-30(35,18-31)16-20(22)4-6-24(23)25(29)7-8-26(29)28(34)17-33-21-5-9-27-19(15-21)3-2-14-32-27/h2-3,5,9,14-15,20,22-26,33,35H,4,6-8,10-13,16-18H2,1H3/t20-,22-,23?,24?,25?,26+,29-,30+/m0/s1. The Morgan fingerprint density at radius 1 is 1.09 bits per heavy atom. The van der Waals surface area contributed by atoms with Crippen LogP contribution in [0.15, 0.2) is 36.5 Å². The van der Waals surface area contributed by atoms with Gasteiger partial charge in [0.05, 0.1) is 17.7 Å². The van der Waals surface area contributed by atoms with E-state index in [1.54, 1.807) is 6.20 Å². The highest BCUT2D eigenvalue weighted by Gasteiger charge is 2.58. The van der Waals surface area contributed by atoms with E-state index in [0.717, 1.165) is 42.3 Å². The van der Waals surface area contributed by atoms with Gasteiger partial charge in [-0.15, -0.1) is 0 Å². The molecule has 4 aliphatic carbocycles. The first-order valence-corrected chi connectivity index (χ1v) is 13.8. The van der Waals surface area contributed by atoms with Gasteiger partial charge in [0.15, 0.2) is 5.78 Å². The summed E-state index contributed by atoms with van der Waals surface area (Å²) in [5, 5.41) is 15.0. The van der Waals surface area contributed by atoms with Crippen molar-refractivity contribution in [2.75, 3.05) is 18.5 Å². The Morgan fingerprint density at radius 3 is 2.80 bits per heavy atom. The van der Waals surface area contributed by atoms with Gasteiger partial charge in [-0.1, -0.05) is 13.0 Å². The molecule has 4 aliphatic rings. The zero-order valence-electron chi connectivity index (χ0n) is 20.9. The average Bonchev–Trinajstić information content (AvgIpc) is 3.24. The number of hydrogen-bond donors (Lipinski definition) is 2. The third kappa shape index (κ3) is 3.98. The molecule has 188 valence electrons. The van der Waals surface area contributed by atoms with Gasteiger partial charge in [0.25, 0.3) is 0 Å². The smallest absolute Gasteiger partial charge is 0.155 e. The van der Waals surface area contributed by atoms with E-state index in [4.69, 9.17) is 0 Å². The number of pyridine rings is 1. The maximum Gasteiger partial charge on any atom is 0.155 e. The molecule has 4 fully saturated rings. The average molecular weight is 479 g/mol. The lowest BCUT2D eigenvalue weighted by atomic mass is 9.49. The van der Waals surface area contributed by atoms with E-state index in [1.807, 2.05) is 18.2 Å². The van der Waals surface area contributed by atoms with Crippen LogP contribution in [0.25, 0.3) is 10.9 Å². The highest BCUT2D eigenvalue weighted by molar-refractivity contribution is 5.87. The number of aromatic nitrogens is 1. The third-order valence-corrected chi connectivity index (χ3v) is 10.8. The highest BCUT2D eigenvalue weighted by Crippen LogP contribution is 2.64. The van der Waals surface area contributed by atoms with Crippen molar-refractivity contribution in [3.63, 3.8) is 0 Å². The van der Waals surface area contributed by atoms with Crippen molar-refractivity contribution in [2.24, 2.45) is 40.9 Å². The topological polar surface area (TPSA) is 62.2 Å². The molecule has 2 aromatic rings. The second-order valence-electron chi connectivity index (χ2n) is 12.4. The Labute approximate surface area is 208 Å². The van der Waals surface area contributed by atoms with Crippen molar-refractivity contribution >= 4 is 22.4 Å². The summed E-state index contributed by atoms with van der Waals surface area (Å²) in [6.45, 7) is 2.19. The molecule has 35 heavy (non-hydrogen) atoms. The fourth-order valence-electron chi connectivity index (χ4n) is 9.11. The van der Waals surface area contributed by atoms with Crippen LogP contribution in [0.2, 0.25) is 0 Å². The first-order chi connectivity index (χ1) is 16.9. The van der Waals surface area contributed by atoms with Crippen LogP contribution in [0.1, 0.15) is 64.7 Å². The zero-order valence-corrected chi connectivity index (χ0v) is 20.9. The molecule has 0 amide bonds. The molecular weight excluding hydrogens is 439 g/mol. The van der Waals surface area contributed by atoms with E-state index in [1.165, 1.54) is 19.3 Å². The number of nitrogens with one attached hydrogen (secondary N) is 1. The largest absolute Gasteiger partial charge is 0.387 e. The van der Waals surface area contributed by atoms with Crippen LogP contribution >= 0.6 is 0 Å². The van der Waals surface area contributed by atoms with E-state index in [-0.39, 0.29) is 11.3 Å². The fraction of sp³-hybridized carbons (Fsp3) is 0.667. The number of ketones is 1. The molecule has 2 N–H and O–H groups in total.